The predicted molar refractivity (Wildman–Crippen MR) is 96.6 cm³/mol. The number of esters is 1. The molecule has 0 saturated heterocycles. The van der Waals surface area contributed by atoms with Gasteiger partial charge in [-0.05, 0) is 38.7 Å². The van der Waals surface area contributed by atoms with Crippen molar-refractivity contribution in [1.29, 1.82) is 0 Å². The Morgan fingerprint density at radius 1 is 1.40 bits per heavy atom. The first kappa shape index (κ1) is 17.7. The van der Waals surface area contributed by atoms with Crippen molar-refractivity contribution < 1.29 is 14.3 Å². The quantitative estimate of drug-likeness (QED) is 0.445. The van der Waals surface area contributed by atoms with Gasteiger partial charge in [-0.3, -0.25) is 4.79 Å². The van der Waals surface area contributed by atoms with Gasteiger partial charge in [-0.2, -0.15) is 0 Å². The monoisotopic (exact) mass is 381 g/mol. The number of rotatable bonds is 6. The minimum Gasteiger partial charge on any atom is -0.462 e. The first-order valence-electron chi connectivity index (χ1n) is 7.92. The molecular formula is C15H19N5O3S2. The summed E-state index contributed by atoms with van der Waals surface area (Å²) < 4.78 is 6.49. The maximum Gasteiger partial charge on any atom is 0.341 e. The van der Waals surface area contributed by atoms with Gasteiger partial charge in [0.25, 0.3) is 0 Å². The molecule has 0 aromatic carbocycles. The molecule has 3 rings (SSSR count). The van der Waals surface area contributed by atoms with Crippen LogP contribution in [0, 0.1) is 6.92 Å². The Morgan fingerprint density at radius 2 is 2.20 bits per heavy atom. The number of aryl methyl sites for hydroxylation is 2. The maximum absolute atomic E-state index is 12.3. The number of thiophene rings is 1. The van der Waals surface area contributed by atoms with E-state index in [-0.39, 0.29) is 17.6 Å². The second-order valence-electron chi connectivity index (χ2n) is 5.52. The summed E-state index contributed by atoms with van der Waals surface area (Å²) in [7, 11) is 0. The SMILES string of the molecule is CCOC(=O)c1c(NC(=O)CSc2nnc(C)n2N)sc2c1CCC2. The molecule has 25 heavy (non-hydrogen) atoms. The van der Waals surface area contributed by atoms with Crippen molar-refractivity contribution in [1.82, 2.24) is 14.9 Å². The van der Waals surface area contributed by atoms with Gasteiger partial charge in [-0.1, -0.05) is 11.8 Å². The zero-order valence-electron chi connectivity index (χ0n) is 14.0. The van der Waals surface area contributed by atoms with Gasteiger partial charge >= 0.3 is 5.97 Å². The molecule has 134 valence electrons. The van der Waals surface area contributed by atoms with Crippen LogP contribution in [0.3, 0.4) is 0 Å². The van der Waals surface area contributed by atoms with Gasteiger partial charge < -0.3 is 15.9 Å². The van der Waals surface area contributed by atoms with Crippen molar-refractivity contribution in [2.75, 3.05) is 23.5 Å². The number of fused-ring (bicyclic) bond motifs is 1. The highest BCUT2D eigenvalue weighted by Crippen LogP contribution is 2.39. The van der Waals surface area contributed by atoms with Gasteiger partial charge in [0.05, 0.1) is 17.9 Å². The van der Waals surface area contributed by atoms with E-state index in [1.807, 2.05) is 0 Å². The van der Waals surface area contributed by atoms with E-state index in [0.717, 1.165) is 29.7 Å². The lowest BCUT2D eigenvalue weighted by Gasteiger charge is -2.08. The number of hydrogen-bond acceptors (Lipinski definition) is 8. The van der Waals surface area contributed by atoms with Crippen LogP contribution in [0.25, 0.3) is 0 Å². The predicted octanol–water partition coefficient (Wildman–Crippen LogP) is 1.76. The molecule has 1 aliphatic rings. The van der Waals surface area contributed by atoms with Crippen LogP contribution in [0.5, 0.6) is 0 Å². The van der Waals surface area contributed by atoms with Crippen molar-refractivity contribution in [2.24, 2.45) is 0 Å². The molecule has 0 fully saturated rings. The molecule has 0 radical (unpaired) electrons. The number of nitrogens with one attached hydrogen (secondary N) is 1. The number of nitrogen functional groups attached to an aromatic ring is 1. The number of thioether (sulfide) groups is 1. The summed E-state index contributed by atoms with van der Waals surface area (Å²) in [6.45, 7) is 3.80. The molecule has 3 N–H and O–H groups in total. The number of anilines is 1. The number of carbonyl (C=O) groups excluding carboxylic acids is 2. The molecule has 2 aromatic rings. The molecule has 0 unspecified atom stereocenters. The third-order valence-corrected chi connectivity index (χ3v) is 5.97. The molecular weight excluding hydrogens is 362 g/mol. The van der Waals surface area contributed by atoms with Gasteiger partial charge in [0, 0.05) is 4.88 Å². The van der Waals surface area contributed by atoms with Gasteiger partial charge in [-0.15, -0.1) is 21.5 Å². The zero-order chi connectivity index (χ0) is 18.0. The first-order valence-corrected chi connectivity index (χ1v) is 9.72. The number of ether oxygens (including phenoxy) is 1. The van der Waals surface area contributed by atoms with Gasteiger partial charge in [0.1, 0.15) is 10.8 Å². The van der Waals surface area contributed by atoms with Crippen molar-refractivity contribution in [3.8, 4) is 0 Å². The lowest BCUT2D eigenvalue weighted by atomic mass is 10.1. The molecule has 1 aliphatic carbocycles. The molecule has 0 spiro atoms. The molecule has 0 aliphatic heterocycles. The van der Waals surface area contributed by atoms with E-state index in [1.54, 1.807) is 13.8 Å². The first-order chi connectivity index (χ1) is 12.0. The summed E-state index contributed by atoms with van der Waals surface area (Å²) in [5.41, 5.74) is 1.53. The van der Waals surface area contributed by atoms with E-state index < -0.39 is 0 Å². The number of nitrogens with zero attached hydrogens (tertiary/aromatic N) is 3. The van der Waals surface area contributed by atoms with Crippen LogP contribution in [0.4, 0.5) is 5.00 Å². The number of hydrogen-bond donors (Lipinski definition) is 2. The molecule has 0 atom stereocenters. The fraction of sp³-hybridized carbons (Fsp3) is 0.467. The Labute approximate surface area is 153 Å². The summed E-state index contributed by atoms with van der Waals surface area (Å²) in [6.07, 6.45) is 2.82. The van der Waals surface area contributed by atoms with Gasteiger partial charge in [0.2, 0.25) is 11.1 Å². The summed E-state index contributed by atoms with van der Waals surface area (Å²) in [5.74, 6) is 5.87. The summed E-state index contributed by atoms with van der Waals surface area (Å²) in [6, 6.07) is 0. The average molecular weight is 381 g/mol. The minimum atomic E-state index is -0.373. The fourth-order valence-corrected chi connectivity index (χ4v) is 4.65. The van der Waals surface area contributed by atoms with E-state index in [9.17, 15) is 9.59 Å². The molecule has 1 amide bonds. The zero-order valence-corrected chi connectivity index (χ0v) is 15.6. The van der Waals surface area contributed by atoms with Crippen molar-refractivity contribution in [2.45, 2.75) is 38.3 Å². The number of amides is 1. The van der Waals surface area contributed by atoms with Crippen LogP contribution in [0.2, 0.25) is 0 Å². The van der Waals surface area contributed by atoms with Crippen LogP contribution in [-0.2, 0) is 22.4 Å². The van der Waals surface area contributed by atoms with Crippen molar-refractivity contribution in [3.05, 3.63) is 21.8 Å². The van der Waals surface area contributed by atoms with Gasteiger partial charge in [0.15, 0.2) is 0 Å². The van der Waals surface area contributed by atoms with Crippen molar-refractivity contribution >= 4 is 40.0 Å². The average Bonchev–Trinajstić information content (AvgIpc) is 3.22. The topological polar surface area (TPSA) is 112 Å². The van der Waals surface area contributed by atoms with Crippen LogP contribution in [0.1, 0.15) is 40.0 Å². The highest BCUT2D eigenvalue weighted by atomic mass is 32.2. The summed E-state index contributed by atoms with van der Waals surface area (Å²) in [4.78, 5) is 25.7. The second kappa shape index (κ2) is 7.44. The Balaban J connectivity index is 1.71. The molecule has 0 saturated carbocycles. The fourth-order valence-electron chi connectivity index (χ4n) is 2.65. The van der Waals surface area contributed by atoms with E-state index in [1.165, 1.54) is 27.8 Å². The molecule has 10 heteroatoms. The Bertz CT molecular complexity index is 814. The number of aromatic nitrogens is 3. The van der Waals surface area contributed by atoms with Gasteiger partial charge in [-0.25, -0.2) is 9.47 Å². The summed E-state index contributed by atoms with van der Waals surface area (Å²) >= 11 is 2.65. The molecule has 8 nitrogen and oxygen atoms in total. The van der Waals surface area contributed by atoms with E-state index in [4.69, 9.17) is 10.6 Å². The maximum atomic E-state index is 12.3. The summed E-state index contributed by atoms with van der Waals surface area (Å²) in [5, 5.41) is 11.6. The minimum absolute atomic E-state index is 0.125. The highest BCUT2D eigenvalue weighted by Gasteiger charge is 2.28. The van der Waals surface area contributed by atoms with Crippen LogP contribution < -0.4 is 11.2 Å². The van der Waals surface area contributed by atoms with Crippen LogP contribution in [0.15, 0.2) is 5.16 Å². The standard InChI is InChI=1S/C15H19N5O3S2/c1-3-23-14(22)12-9-5-4-6-10(9)25-13(12)17-11(21)7-24-15-19-18-8(2)20(15)16/h3-7,16H2,1-2H3,(H,17,21). The largest absolute Gasteiger partial charge is 0.462 e. The Morgan fingerprint density at radius 3 is 2.88 bits per heavy atom. The Hall–Kier alpha value is -2.07. The lowest BCUT2D eigenvalue weighted by molar-refractivity contribution is -0.113. The molecule has 2 heterocycles. The number of nitrogens with two attached hydrogens (primary N) is 1. The molecule has 0 bridgehead atoms. The van der Waals surface area contributed by atoms with E-state index in [2.05, 4.69) is 15.5 Å². The smallest absolute Gasteiger partial charge is 0.341 e. The number of carbonyl (C=O) groups is 2. The van der Waals surface area contributed by atoms with E-state index >= 15 is 0 Å². The third-order valence-electron chi connectivity index (χ3n) is 3.82. The highest BCUT2D eigenvalue weighted by molar-refractivity contribution is 7.99. The Kier molecular flexibility index (Phi) is 5.28. The lowest BCUT2D eigenvalue weighted by Crippen LogP contribution is -2.18. The van der Waals surface area contributed by atoms with E-state index in [0.29, 0.717) is 28.2 Å². The van der Waals surface area contributed by atoms with Crippen molar-refractivity contribution in [3.63, 3.8) is 0 Å². The second-order valence-corrected chi connectivity index (χ2v) is 7.57. The molecule has 2 aromatic heterocycles. The van der Waals surface area contributed by atoms with Crippen LogP contribution >= 0.6 is 23.1 Å². The van der Waals surface area contributed by atoms with Crippen LogP contribution in [-0.4, -0.2) is 39.1 Å². The normalized spacial score (nSPS) is 12.9. The third kappa shape index (κ3) is 3.64.